The van der Waals surface area contributed by atoms with E-state index in [0.717, 1.165) is 6.08 Å². The van der Waals surface area contributed by atoms with Crippen LogP contribution in [0.15, 0.2) is 28.7 Å². The fourth-order valence-electron chi connectivity index (χ4n) is 1.66. The maximum atomic E-state index is 11.4. The van der Waals surface area contributed by atoms with E-state index in [-0.39, 0.29) is 24.5 Å². The maximum Gasteiger partial charge on any atom is 0.407 e. The standard InChI is InChI=1S/C13H19N5O5/c1-13(2,3)23-12(19)16-7-6-15-8-4-5-9(18(21)22)10(14)11(8)17-20/h4-5,14-15,20H,6-7H2,1-3H3,(H,16,19)/b14-10?,17-11-. The van der Waals surface area contributed by atoms with Crippen LogP contribution in [0.1, 0.15) is 20.8 Å². The van der Waals surface area contributed by atoms with E-state index in [1.54, 1.807) is 20.8 Å². The fraction of sp³-hybridized carbons (Fsp3) is 0.462. The van der Waals surface area contributed by atoms with E-state index in [1.807, 2.05) is 0 Å². The number of allylic oxidation sites excluding steroid dienone is 4. The molecule has 0 heterocycles. The minimum absolute atomic E-state index is 0.212. The van der Waals surface area contributed by atoms with Crippen LogP contribution in [0.4, 0.5) is 4.79 Å². The molecule has 0 unspecified atom stereocenters. The predicted octanol–water partition coefficient (Wildman–Crippen LogP) is 1.01. The van der Waals surface area contributed by atoms with E-state index >= 15 is 0 Å². The van der Waals surface area contributed by atoms with Gasteiger partial charge >= 0.3 is 6.09 Å². The lowest BCUT2D eigenvalue weighted by atomic mass is 10.0. The summed E-state index contributed by atoms with van der Waals surface area (Å²) >= 11 is 0. The van der Waals surface area contributed by atoms with Crippen molar-refractivity contribution in [3.63, 3.8) is 0 Å². The van der Waals surface area contributed by atoms with Crippen molar-refractivity contribution >= 4 is 17.5 Å². The van der Waals surface area contributed by atoms with Crippen molar-refractivity contribution in [2.45, 2.75) is 26.4 Å². The summed E-state index contributed by atoms with van der Waals surface area (Å²) in [6, 6.07) is 0. The van der Waals surface area contributed by atoms with Crippen molar-refractivity contribution in [1.29, 1.82) is 5.41 Å². The monoisotopic (exact) mass is 325 g/mol. The average molecular weight is 325 g/mol. The van der Waals surface area contributed by atoms with Gasteiger partial charge in [0.2, 0.25) is 0 Å². The van der Waals surface area contributed by atoms with Crippen LogP contribution in [0.25, 0.3) is 0 Å². The first-order valence-corrected chi connectivity index (χ1v) is 6.74. The van der Waals surface area contributed by atoms with Crippen LogP contribution in [-0.2, 0) is 4.74 Å². The zero-order chi connectivity index (χ0) is 17.6. The van der Waals surface area contributed by atoms with Crippen molar-refractivity contribution < 1.29 is 19.7 Å². The Morgan fingerprint density at radius 3 is 2.61 bits per heavy atom. The molecule has 1 aliphatic carbocycles. The van der Waals surface area contributed by atoms with Gasteiger partial charge in [0, 0.05) is 19.2 Å². The molecule has 1 rings (SSSR count). The largest absolute Gasteiger partial charge is 0.444 e. The molecule has 0 aromatic heterocycles. The Morgan fingerprint density at radius 1 is 1.43 bits per heavy atom. The summed E-state index contributed by atoms with van der Waals surface area (Å²) in [5, 5.41) is 35.6. The highest BCUT2D eigenvalue weighted by molar-refractivity contribution is 6.52. The van der Waals surface area contributed by atoms with Crippen molar-refractivity contribution in [2.24, 2.45) is 5.16 Å². The van der Waals surface area contributed by atoms with Crippen LogP contribution in [0.5, 0.6) is 0 Å². The van der Waals surface area contributed by atoms with Gasteiger partial charge in [-0.3, -0.25) is 15.5 Å². The summed E-state index contributed by atoms with van der Waals surface area (Å²) in [7, 11) is 0. The van der Waals surface area contributed by atoms with Crippen molar-refractivity contribution in [3.8, 4) is 0 Å². The molecule has 0 aromatic carbocycles. The zero-order valence-electron chi connectivity index (χ0n) is 13.0. The number of hydrogen-bond donors (Lipinski definition) is 4. The lowest BCUT2D eigenvalue weighted by Crippen LogP contribution is -2.38. The number of nitro groups is 1. The van der Waals surface area contributed by atoms with Gasteiger partial charge in [0.05, 0.1) is 10.6 Å². The molecular formula is C13H19N5O5. The topological polar surface area (TPSA) is 150 Å². The third-order valence-electron chi connectivity index (χ3n) is 2.56. The molecule has 1 amide bonds. The van der Waals surface area contributed by atoms with Gasteiger partial charge in [-0.1, -0.05) is 5.16 Å². The smallest absolute Gasteiger partial charge is 0.407 e. The Morgan fingerprint density at radius 2 is 2.09 bits per heavy atom. The summed E-state index contributed by atoms with van der Waals surface area (Å²) < 4.78 is 5.05. The molecule has 0 spiro atoms. The molecule has 0 fully saturated rings. The first-order chi connectivity index (χ1) is 10.7. The summed E-state index contributed by atoms with van der Waals surface area (Å²) in [5.74, 6) is 0. The van der Waals surface area contributed by atoms with Crippen molar-refractivity contribution in [3.05, 3.63) is 33.7 Å². The van der Waals surface area contributed by atoms with Crippen LogP contribution in [0, 0.1) is 15.5 Å². The Kier molecular flexibility index (Phi) is 5.82. The molecule has 0 atom stereocenters. The Labute approximate surface area is 132 Å². The molecule has 0 saturated carbocycles. The molecule has 0 bridgehead atoms. The van der Waals surface area contributed by atoms with Gasteiger partial charge in [0.15, 0.2) is 11.4 Å². The van der Waals surface area contributed by atoms with Gasteiger partial charge in [-0.2, -0.15) is 0 Å². The molecule has 0 saturated heterocycles. The van der Waals surface area contributed by atoms with E-state index in [0.29, 0.717) is 0 Å². The van der Waals surface area contributed by atoms with Gasteiger partial charge in [0.1, 0.15) is 5.60 Å². The van der Waals surface area contributed by atoms with Crippen molar-refractivity contribution in [2.75, 3.05) is 13.1 Å². The number of amides is 1. The second kappa shape index (κ2) is 7.38. The zero-order valence-corrected chi connectivity index (χ0v) is 13.0. The Balaban J connectivity index is 2.56. The summed E-state index contributed by atoms with van der Waals surface area (Å²) in [4.78, 5) is 21.4. The van der Waals surface area contributed by atoms with Gasteiger partial charge in [-0.05, 0) is 26.8 Å². The molecular weight excluding hydrogens is 306 g/mol. The van der Waals surface area contributed by atoms with Gasteiger partial charge < -0.3 is 20.6 Å². The number of oxime groups is 1. The van der Waals surface area contributed by atoms with Crippen LogP contribution in [0.3, 0.4) is 0 Å². The minimum Gasteiger partial charge on any atom is -0.444 e. The number of rotatable bonds is 5. The first-order valence-electron chi connectivity index (χ1n) is 6.74. The van der Waals surface area contributed by atoms with E-state index in [9.17, 15) is 14.9 Å². The minimum atomic E-state index is -0.731. The maximum absolute atomic E-state index is 11.4. The fourth-order valence-corrected chi connectivity index (χ4v) is 1.66. The van der Waals surface area contributed by atoms with E-state index in [4.69, 9.17) is 15.4 Å². The van der Waals surface area contributed by atoms with Crippen LogP contribution in [0.2, 0.25) is 0 Å². The third kappa shape index (κ3) is 5.41. The number of alkyl carbamates (subject to hydrolysis) is 1. The number of nitrogens with one attached hydrogen (secondary N) is 3. The lowest BCUT2D eigenvalue weighted by molar-refractivity contribution is -0.414. The average Bonchev–Trinajstić information content (AvgIpc) is 2.41. The van der Waals surface area contributed by atoms with Crippen LogP contribution >= 0.6 is 0 Å². The van der Waals surface area contributed by atoms with E-state index < -0.39 is 28.0 Å². The molecule has 10 nitrogen and oxygen atoms in total. The normalized spacial score (nSPS) is 16.5. The van der Waals surface area contributed by atoms with Gasteiger partial charge in [-0.25, -0.2) is 4.79 Å². The second-order valence-electron chi connectivity index (χ2n) is 5.57. The van der Waals surface area contributed by atoms with Crippen molar-refractivity contribution in [1.82, 2.24) is 10.6 Å². The molecule has 0 aliphatic heterocycles. The molecule has 10 heteroatoms. The SMILES string of the molecule is CC(C)(C)OC(=O)NCCNC1=CC=C([N+](=O)[O-])C(=N)/C1=N\O. The highest BCUT2D eigenvalue weighted by Gasteiger charge is 2.28. The lowest BCUT2D eigenvalue weighted by Gasteiger charge is -2.20. The number of hydrogen-bond acceptors (Lipinski definition) is 8. The molecule has 4 N–H and O–H groups in total. The van der Waals surface area contributed by atoms with E-state index in [2.05, 4.69) is 15.8 Å². The molecule has 0 aromatic rings. The first kappa shape index (κ1) is 18.1. The summed E-state index contributed by atoms with van der Waals surface area (Å²) in [5.41, 5.74) is -1.55. The second-order valence-corrected chi connectivity index (χ2v) is 5.57. The summed E-state index contributed by atoms with van der Waals surface area (Å²) in [6.45, 7) is 5.69. The van der Waals surface area contributed by atoms with E-state index in [1.165, 1.54) is 6.08 Å². The third-order valence-corrected chi connectivity index (χ3v) is 2.56. The summed E-state index contributed by atoms with van der Waals surface area (Å²) in [6.07, 6.45) is 1.90. The number of carbonyl (C=O) groups excluding carboxylic acids is 1. The molecule has 126 valence electrons. The quantitative estimate of drug-likeness (QED) is 0.195. The Hall–Kier alpha value is -2.91. The predicted molar refractivity (Wildman–Crippen MR) is 82.3 cm³/mol. The molecule has 23 heavy (non-hydrogen) atoms. The van der Waals surface area contributed by atoms with Gasteiger partial charge in [-0.15, -0.1) is 0 Å². The van der Waals surface area contributed by atoms with Gasteiger partial charge in [0.25, 0.3) is 5.70 Å². The number of ether oxygens (including phenoxy) is 1. The number of carbonyl (C=O) groups is 1. The molecule has 0 radical (unpaired) electrons. The molecule has 1 aliphatic rings. The van der Waals surface area contributed by atoms with Crippen LogP contribution < -0.4 is 10.6 Å². The number of nitrogens with zero attached hydrogens (tertiary/aromatic N) is 2. The highest BCUT2D eigenvalue weighted by Crippen LogP contribution is 2.12. The highest BCUT2D eigenvalue weighted by atomic mass is 16.6. The van der Waals surface area contributed by atoms with Crippen LogP contribution in [-0.4, -0.2) is 46.3 Å². The Bertz CT molecular complexity index is 600.